The fourth-order valence-electron chi connectivity index (χ4n) is 1.94. The molecule has 3 N–H and O–H groups in total. The molecular formula is C11H18N4O3. The van der Waals surface area contributed by atoms with Gasteiger partial charge in [0.25, 0.3) is 5.56 Å². The zero-order valence-electron chi connectivity index (χ0n) is 10.2. The smallest absolute Gasteiger partial charge is 0.328 e. The standard InChI is InChI=1S/C11H18N4O3/c12-7-9-8-15(11(17)13-10(9)16)2-1-14-3-5-18-6-4-14/h8H,1-7,12H2,(H,13,16,17). The zero-order chi connectivity index (χ0) is 13.0. The van der Waals surface area contributed by atoms with Crippen LogP contribution in [-0.2, 0) is 17.8 Å². The van der Waals surface area contributed by atoms with Gasteiger partial charge in [-0.3, -0.25) is 19.2 Å². The average molecular weight is 254 g/mol. The Balaban J connectivity index is 2.04. The average Bonchev–Trinajstić information content (AvgIpc) is 2.39. The van der Waals surface area contributed by atoms with Crippen molar-refractivity contribution in [2.24, 2.45) is 5.73 Å². The molecule has 7 nitrogen and oxygen atoms in total. The number of ether oxygens (including phenoxy) is 1. The monoisotopic (exact) mass is 254 g/mol. The number of nitrogens with one attached hydrogen (secondary N) is 1. The third-order valence-electron chi connectivity index (χ3n) is 3.07. The van der Waals surface area contributed by atoms with E-state index in [-0.39, 0.29) is 12.2 Å². The number of aromatic nitrogens is 2. The Hall–Kier alpha value is -1.44. The van der Waals surface area contributed by atoms with Crippen molar-refractivity contribution in [3.63, 3.8) is 0 Å². The van der Waals surface area contributed by atoms with E-state index in [1.807, 2.05) is 0 Å². The van der Waals surface area contributed by atoms with Crippen LogP contribution in [0.25, 0.3) is 0 Å². The van der Waals surface area contributed by atoms with Crippen molar-refractivity contribution in [2.45, 2.75) is 13.1 Å². The molecule has 1 saturated heterocycles. The van der Waals surface area contributed by atoms with Crippen molar-refractivity contribution < 1.29 is 4.74 Å². The Morgan fingerprint density at radius 2 is 2.00 bits per heavy atom. The SMILES string of the molecule is NCc1cn(CCN2CCOCC2)c(=O)[nH]c1=O. The lowest BCUT2D eigenvalue weighted by molar-refractivity contribution is 0.0362. The van der Waals surface area contributed by atoms with E-state index in [4.69, 9.17) is 10.5 Å². The molecule has 2 heterocycles. The van der Waals surface area contributed by atoms with Gasteiger partial charge < -0.3 is 10.5 Å². The van der Waals surface area contributed by atoms with Gasteiger partial charge in [0.15, 0.2) is 0 Å². The fraction of sp³-hybridized carbons (Fsp3) is 0.636. The minimum absolute atomic E-state index is 0.132. The molecule has 2 rings (SSSR count). The summed E-state index contributed by atoms with van der Waals surface area (Å²) in [6, 6.07) is 0. The molecule has 0 unspecified atom stereocenters. The Morgan fingerprint density at radius 1 is 1.28 bits per heavy atom. The van der Waals surface area contributed by atoms with Crippen molar-refractivity contribution in [1.82, 2.24) is 14.5 Å². The molecule has 0 bridgehead atoms. The van der Waals surface area contributed by atoms with Crippen molar-refractivity contribution in [2.75, 3.05) is 32.8 Å². The molecule has 0 atom stereocenters. The summed E-state index contributed by atoms with van der Waals surface area (Å²) in [5.74, 6) is 0. The Labute approximate surface area is 104 Å². The number of hydrogen-bond acceptors (Lipinski definition) is 5. The van der Waals surface area contributed by atoms with Crippen LogP contribution in [0.5, 0.6) is 0 Å². The van der Waals surface area contributed by atoms with E-state index in [9.17, 15) is 9.59 Å². The van der Waals surface area contributed by atoms with Gasteiger partial charge in [-0.05, 0) is 0 Å². The number of aromatic amines is 1. The molecule has 7 heteroatoms. The number of H-pyrrole nitrogens is 1. The first-order valence-electron chi connectivity index (χ1n) is 6.03. The largest absolute Gasteiger partial charge is 0.379 e. The summed E-state index contributed by atoms with van der Waals surface area (Å²) in [6.07, 6.45) is 1.54. The van der Waals surface area contributed by atoms with Crippen molar-refractivity contribution >= 4 is 0 Å². The summed E-state index contributed by atoms with van der Waals surface area (Å²) in [5, 5.41) is 0. The Bertz CT molecular complexity index is 502. The van der Waals surface area contributed by atoms with Crippen LogP contribution < -0.4 is 17.0 Å². The molecule has 100 valence electrons. The maximum atomic E-state index is 11.6. The quantitative estimate of drug-likeness (QED) is 0.670. The lowest BCUT2D eigenvalue weighted by Gasteiger charge is -2.26. The minimum Gasteiger partial charge on any atom is -0.379 e. The highest BCUT2D eigenvalue weighted by Gasteiger charge is 2.10. The van der Waals surface area contributed by atoms with Crippen molar-refractivity contribution in [3.8, 4) is 0 Å². The van der Waals surface area contributed by atoms with Gasteiger partial charge in [0.05, 0.1) is 13.2 Å². The summed E-state index contributed by atoms with van der Waals surface area (Å²) in [7, 11) is 0. The molecule has 1 aromatic heterocycles. The highest BCUT2D eigenvalue weighted by molar-refractivity contribution is 5.03. The van der Waals surface area contributed by atoms with Crippen LogP contribution in [0.2, 0.25) is 0 Å². The number of rotatable bonds is 4. The second-order valence-corrected chi connectivity index (χ2v) is 4.27. The van der Waals surface area contributed by atoms with E-state index in [1.54, 1.807) is 6.20 Å². The van der Waals surface area contributed by atoms with Gasteiger partial charge in [0.1, 0.15) is 0 Å². The predicted octanol–water partition coefficient (Wildman–Crippen LogP) is -1.67. The third-order valence-corrected chi connectivity index (χ3v) is 3.07. The molecule has 0 saturated carbocycles. The molecule has 0 aromatic carbocycles. The lowest BCUT2D eigenvalue weighted by atomic mass is 10.3. The summed E-state index contributed by atoms with van der Waals surface area (Å²) >= 11 is 0. The van der Waals surface area contributed by atoms with E-state index < -0.39 is 5.56 Å². The van der Waals surface area contributed by atoms with Gasteiger partial charge in [0.2, 0.25) is 0 Å². The molecule has 0 radical (unpaired) electrons. The Morgan fingerprint density at radius 3 is 2.67 bits per heavy atom. The van der Waals surface area contributed by atoms with E-state index >= 15 is 0 Å². The number of nitrogens with zero attached hydrogens (tertiary/aromatic N) is 2. The predicted molar refractivity (Wildman–Crippen MR) is 66.5 cm³/mol. The molecule has 0 amide bonds. The molecule has 1 fully saturated rings. The van der Waals surface area contributed by atoms with Crippen molar-refractivity contribution in [3.05, 3.63) is 32.6 Å². The van der Waals surface area contributed by atoms with Gasteiger partial charge >= 0.3 is 5.69 Å². The summed E-state index contributed by atoms with van der Waals surface area (Å²) in [4.78, 5) is 27.5. The molecule has 18 heavy (non-hydrogen) atoms. The second-order valence-electron chi connectivity index (χ2n) is 4.27. The molecule has 0 spiro atoms. The van der Waals surface area contributed by atoms with Gasteiger partial charge in [-0.2, -0.15) is 0 Å². The summed E-state index contributed by atoms with van der Waals surface area (Å²) in [5.41, 5.74) is 5.09. The molecule has 1 aliphatic heterocycles. The summed E-state index contributed by atoms with van der Waals surface area (Å²) in [6.45, 7) is 4.65. The minimum atomic E-state index is -0.398. The number of hydrogen-bond donors (Lipinski definition) is 2. The lowest BCUT2D eigenvalue weighted by Crippen LogP contribution is -2.40. The van der Waals surface area contributed by atoms with Crippen LogP contribution in [0.3, 0.4) is 0 Å². The van der Waals surface area contributed by atoms with Crippen LogP contribution in [0.15, 0.2) is 15.8 Å². The Kier molecular flexibility index (Phi) is 4.29. The molecule has 0 aliphatic carbocycles. The second kappa shape index (κ2) is 5.94. The van der Waals surface area contributed by atoms with E-state index in [0.717, 1.165) is 32.8 Å². The van der Waals surface area contributed by atoms with Gasteiger partial charge in [-0.1, -0.05) is 0 Å². The first kappa shape index (κ1) is 13.0. The van der Waals surface area contributed by atoms with Gasteiger partial charge in [0, 0.05) is 44.5 Å². The van der Waals surface area contributed by atoms with E-state index in [1.165, 1.54) is 4.57 Å². The van der Waals surface area contributed by atoms with E-state index in [2.05, 4.69) is 9.88 Å². The van der Waals surface area contributed by atoms with Crippen LogP contribution in [0.4, 0.5) is 0 Å². The maximum absolute atomic E-state index is 11.6. The zero-order valence-corrected chi connectivity index (χ0v) is 10.2. The topological polar surface area (TPSA) is 93.3 Å². The fourth-order valence-corrected chi connectivity index (χ4v) is 1.94. The normalized spacial score (nSPS) is 16.9. The summed E-state index contributed by atoms with van der Waals surface area (Å²) < 4.78 is 6.75. The van der Waals surface area contributed by atoms with Crippen molar-refractivity contribution in [1.29, 1.82) is 0 Å². The van der Waals surface area contributed by atoms with E-state index in [0.29, 0.717) is 12.1 Å². The number of nitrogens with two attached hydrogens (primary N) is 1. The molecule has 1 aliphatic rings. The van der Waals surface area contributed by atoms with Gasteiger partial charge in [-0.15, -0.1) is 0 Å². The molecule has 1 aromatic rings. The first-order chi connectivity index (χ1) is 8.70. The highest BCUT2D eigenvalue weighted by atomic mass is 16.5. The maximum Gasteiger partial charge on any atom is 0.328 e. The third kappa shape index (κ3) is 3.06. The van der Waals surface area contributed by atoms with Crippen LogP contribution >= 0.6 is 0 Å². The highest BCUT2D eigenvalue weighted by Crippen LogP contribution is 1.97. The van der Waals surface area contributed by atoms with Crippen LogP contribution in [-0.4, -0.2) is 47.3 Å². The van der Waals surface area contributed by atoms with Gasteiger partial charge in [-0.25, -0.2) is 4.79 Å². The number of morpholine rings is 1. The van der Waals surface area contributed by atoms with Crippen LogP contribution in [0, 0.1) is 0 Å². The van der Waals surface area contributed by atoms with Crippen LogP contribution in [0.1, 0.15) is 5.56 Å². The first-order valence-corrected chi connectivity index (χ1v) is 6.03. The molecular weight excluding hydrogens is 236 g/mol.